The summed E-state index contributed by atoms with van der Waals surface area (Å²) in [6, 6.07) is 7.44. The number of carboxylic acid groups (broad SMARTS) is 1. The van der Waals surface area contributed by atoms with E-state index in [9.17, 15) is 9.59 Å². The molecule has 0 fully saturated rings. The van der Waals surface area contributed by atoms with Crippen molar-refractivity contribution in [3.8, 4) is 0 Å². The fraction of sp³-hybridized carbons (Fsp3) is 0.231. The Morgan fingerprint density at radius 3 is 2.74 bits per heavy atom. The highest BCUT2D eigenvalue weighted by molar-refractivity contribution is 9.10. The van der Waals surface area contributed by atoms with Crippen LogP contribution in [0.4, 0.5) is 0 Å². The van der Waals surface area contributed by atoms with Crippen LogP contribution in [0.3, 0.4) is 0 Å². The Balaban J connectivity index is 2.52. The highest BCUT2D eigenvalue weighted by Crippen LogP contribution is 2.16. The first kappa shape index (κ1) is 15.4. The number of nitrogens with one attached hydrogen (secondary N) is 1. The fourth-order valence-electron chi connectivity index (χ4n) is 1.30. The van der Waals surface area contributed by atoms with Gasteiger partial charge in [-0.05, 0) is 17.7 Å². The van der Waals surface area contributed by atoms with E-state index in [2.05, 4.69) is 21.2 Å². The van der Waals surface area contributed by atoms with Crippen LogP contribution in [-0.4, -0.2) is 36.7 Å². The van der Waals surface area contributed by atoms with Gasteiger partial charge in [0.25, 0.3) is 0 Å². The van der Waals surface area contributed by atoms with Crippen molar-refractivity contribution < 1.29 is 19.4 Å². The molecule has 0 spiro atoms. The summed E-state index contributed by atoms with van der Waals surface area (Å²) in [5.41, 5.74) is 0.860. The third kappa shape index (κ3) is 5.23. The predicted octanol–water partition coefficient (Wildman–Crippen LogP) is 1.68. The molecule has 0 saturated heterocycles. The molecule has 6 heteroatoms. The maximum atomic E-state index is 11.5. The number of methoxy groups -OCH3 is 1. The minimum Gasteiger partial charge on any atom is -0.479 e. The van der Waals surface area contributed by atoms with Gasteiger partial charge in [-0.25, -0.2) is 4.79 Å². The normalized spacial score (nSPS) is 12.3. The summed E-state index contributed by atoms with van der Waals surface area (Å²) in [6.07, 6.45) is 1.94. The SMILES string of the molecule is COC(CNC(=O)/C=C/c1ccccc1Br)C(=O)O. The van der Waals surface area contributed by atoms with E-state index in [4.69, 9.17) is 9.84 Å². The first-order valence-corrected chi connectivity index (χ1v) is 6.30. The first-order chi connectivity index (χ1) is 9.04. The fourth-order valence-corrected chi connectivity index (χ4v) is 1.72. The van der Waals surface area contributed by atoms with E-state index in [1.807, 2.05) is 24.3 Å². The van der Waals surface area contributed by atoms with Crippen molar-refractivity contribution >= 4 is 33.9 Å². The van der Waals surface area contributed by atoms with E-state index < -0.39 is 12.1 Å². The van der Waals surface area contributed by atoms with Crippen LogP contribution in [0.5, 0.6) is 0 Å². The average Bonchev–Trinajstić information content (AvgIpc) is 2.38. The van der Waals surface area contributed by atoms with Gasteiger partial charge in [-0.1, -0.05) is 34.1 Å². The van der Waals surface area contributed by atoms with Crippen LogP contribution in [0.25, 0.3) is 6.08 Å². The summed E-state index contributed by atoms with van der Waals surface area (Å²) in [5, 5.41) is 11.2. The van der Waals surface area contributed by atoms with Gasteiger partial charge in [-0.2, -0.15) is 0 Å². The zero-order valence-corrected chi connectivity index (χ0v) is 11.9. The lowest BCUT2D eigenvalue weighted by atomic mass is 10.2. The summed E-state index contributed by atoms with van der Waals surface area (Å²) < 4.78 is 5.57. The van der Waals surface area contributed by atoms with Gasteiger partial charge in [0.05, 0.1) is 6.54 Å². The van der Waals surface area contributed by atoms with Crippen molar-refractivity contribution in [3.63, 3.8) is 0 Å². The molecule has 1 unspecified atom stereocenters. The Bertz CT molecular complexity index is 487. The molecule has 1 rings (SSSR count). The highest BCUT2D eigenvalue weighted by atomic mass is 79.9. The molecule has 1 aromatic carbocycles. The number of ether oxygens (including phenoxy) is 1. The molecule has 1 amide bonds. The molecule has 0 saturated carbocycles. The Morgan fingerprint density at radius 2 is 2.16 bits per heavy atom. The number of aliphatic carboxylic acids is 1. The molecular formula is C13H14BrNO4. The van der Waals surface area contributed by atoms with Gasteiger partial charge in [0.15, 0.2) is 6.10 Å². The monoisotopic (exact) mass is 327 g/mol. The van der Waals surface area contributed by atoms with E-state index in [0.29, 0.717) is 0 Å². The maximum Gasteiger partial charge on any atom is 0.334 e. The Labute approximate surface area is 119 Å². The minimum atomic E-state index is -1.11. The van der Waals surface area contributed by atoms with E-state index >= 15 is 0 Å². The van der Waals surface area contributed by atoms with Crippen LogP contribution in [0.1, 0.15) is 5.56 Å². The van der Waals surface area contributed by atoms with Crippen LogP contribution in [0, 0.1) is 0 Å². The molecule has 0 heterocycles. The lowest BCUT2D eigenvalue weighted by molar-refractivity contribution is -0.148. The lowest BCUT2D eigenvalue weighted by Gasteiger charge is -2.10. The number of benzene rings is 1. The Kier molecular flexibility index (Phi) is 6.24. The second kappa shape index (κ2) is 7.70. The molecule has 1 atom stereocenters. The van der Waals surface area contributed by atoms with Gasteiger partial charge >= 0.3 is 5.97 Å². The van der Waals surface area contributed by atoms with Crippen LogP contribution >= 0.6 is 15.9 Å². The van der Waals surface area contributed by atoms with Crippen molar-refractivity contribution in [1.29, 1.82) is 0 Å². The van der Waals surface area contributed by atoms with Crippen LogP contribution in [0.15, 0.2) is 34.8 Å². The number of carbonyl (C=O) groups excluding carboxylic acids is 1. The topological polar surface area (TPSA) is 75.6 Å². The smallest absolute Gasteiger partial charge is 0.334 e. The molecule has 102 valence electrons. The van der Waals surface area contributed by atoms with Crippen molar-refractivity contribution in [2.45, 2.75) is 6.10 Å². The summed E-state index contributed by atoms with van der Waals surface area (Å²) in [7, 11) is 1.28. The predicted molar refractivity (Wildman–Crippen MR) is 74.6 cm³/mol. The quantitative estimate of drug-likeness (QED) is 0.779. The van der Waals surface area contributed by atoms with Crippen LogP contribution in [0.2, 0.25) is 0 Å². The zero-order valence-electron chi connectivity index (χ0n) is 10.3. The number of amides is 1. The number of carboxylic acids is 1. The second-order valence-electron chi connectivity index (χ2n) is 3.66. The molecule has 0 aliphatic rings. The van der Waals surface area contributed by atoms with Crippen molar-refractivity contribution in [1.82, 2.24) is 5.32 Å². The molecule has 2 N–H and O–H groups in total. The van der Waals surface area contributed by atoms with Crippen LogP contribution < -0.4 is 5.32 Å². The van der Waals surface area contributed by atoms with E-state index in [1.165, 1.54) is 13.2 Å². The molecule has 0 aliphatic carbocycles. The molecule has 0 bridgehead atoms. The van der Waals surface area contributed by atoms with Gasteiger partial charge in [-0.3, -0.25) is 4.79 Å². The molecule has 0 aliphatic heterocycles. The number of hydrogen-bond donors (Lipinski definition) is 2. The summed E-state index contributed by atoms with van der Waals surface area (Å²) >= 11 is 3.36. The molecule has 5 nitrogen and oxygen atoms in total. The molecule has 0 radical (unpaired) electrons. The van der Waals surface area contributed by atoms with Gasteiger partial charge in [0.2, 0.25) is 5.91 Å². The first-order valence-electron chi connectivity index (χ1n) is 5.50. The van der Waals surface area contributed by atoms with E-state index in [0.717, 1.165) is 10.0 Å². The number of carbonyl (C=O) groups is 2. The summed E-state index contributed by atoms with van der Waals surface area (Å²) in [4.78, 5) is 22.2. The lowest BCUT2D eigenvalue weighted by Crippen LogP contribution is -2.37. The Morgan fingerprint density at radius 1 is 1.47 bits per heavy atom. The van der Waals surface area contributed by atoms with Gasteiger partial charge in [-0.15, -0.1) is 0 Å². The van der Waals surface area contributed by atoms with Gasteiger partial charge in [0, 0.05) is 17.7 Å². The summed E-state index contributed by atoms with van der Waals surface area (Å²) in [6.45, 7) is -0.0784. The average molecular weight is 328 g/mol. The molecule has 1 aromatic rings. The molecule has 0 aromatic heterocycles. The van der Waals surface area contributed by atoms with Crippen molar-refractivity contribution in [3.05, 3.63) is 40.4 Å². The number of halogens is 1. The third-order valence-corrected chi connectivity index (χ3v) is 3.06. The summed E-state index contributed by atoms with van der Waals surface area (Å²) in [5.74, 6) is -1.49. The number of rotatable bonds is 6. The second-order valence-corrected chi connectivity index (χ2v) is 4.52. The van der Waals surface area contributed by atoms with Gasteiger partial charge < -0.3 is 15.2 Å². The highest BCUT2D eigenvalue weighted by Gasteiger charge is 2.16. The van der Waals surface area contributed by atoms with E-state index in [-0.39, 0.29) is 12.5 Å². The van der Waals surface area contributed by atoms with Crippen molar-refractivity contribution in [2.75, 3.05) is 13.7 Å². The zero-order chi connectivity index (χ0) is 14.3. The Hall–Kier alpha value is -1.66. The largest absolute Gasteiger partial charge is 0.479 e. The molecular weight excluding hydrogens is 314 g/mol. The number of hydrogen-bond acceptors (Lipinski definition) is 3. The van der Waals surface area contributed by atoms with Crippen molar-refractivity contribution in [2.24, 2.45) is 0 Å². The molecule has 19 heavy (non-hydrogen) atoms. The minimum absolute atomic E-state index is 0.0784. The standard InChI is InChI=1S/C13H14BrNO4/c1-19-11(13(17)18)8-15-12(16)7-6-9-4-2-3-5-10(9)14/h2-7,11H,8H2,1H3,(H,15,16)(H,17,18)/b7-6+. The maximum absolute atomic E-state index is 11.5. The van der Waals surface area contributed by atoms with Gasteiger partial charge in [0.1, 0.15) is 0 Å². The van der Waals surface area contributed by atoms with E-state index in [1.54, 1.807) is 6.08 Å². The van der Waals surface area contributed by atoms with Crippen LogP contribution in [-0.2, 0) is 14.3 Å². The third-order valence-electron chi connectivity index (χ3n) is 2.34.